The molecule has 0 radical (unpaired) electrons. The first-order valence-electron chi connectivity index (χ1n) is 10.5. The molecule has 0 fully saturated rings. The Balaban J connectivity index is 2.05. The molecule has 2 aromatic heterocycles. The molecule has 2 amide bonds. The van der Waals surface area contributed by atoms with E-state index >= 15 is 0 Å². The minimum Gasteiger partial charge on any atom is -0.338 e. The fraction of sp³-hybridized carbons (Fsp3) is 0.227. The molecule has 0 spiro atoms. The molecule has 13 heteroatoms. The van der Waals surface area contributed by atoms with E-state index in [2.05, 4.69) is 41.8 Å². The Morgan fingerprint density at radius 2 is 2.14 bits per heavy atom. The molecule has 0 bridgehead atoms. The Morgan fingerprint density at radius 1 is 1.37 bits per heavy atom. The van der Waals surface area contributed by atoms with Gasteiger partial charge in [0.05, 0.1) is 15.9 Å². The van der Waals surface area contributed by atoms with Gasteiger partial charge in [-0.3, -0.25) is 14.8 Å². The lowest BCUT2D eigenvalue weighted by molar-refractivity contribution is 0.180. The number of carbonyl (C=O) groups is 1. The van der Waals surface area contributed by atoms with Gasteiger partial charge < -0.3 is 15.1 Å². The summed E-state index contributed by atoms with van der Waals surface area (Å²) in [5.74, 6) is 0.0146. The molecule has 0 saturated carbocycles. The number of nitrogens with zero attached hydrogens (tertiary/aromatic N) is 4. The number of phosphoric ester groups is 1. The number of allylic oxidation sites excluding steroid dienone is 1. The summed E-state index contributed by atoms with van der Waals surface area (Å²) in [6, 6.07) is 9.05. The molecule has 0 aliphatic carbocycles. The van der Waals surface area contributed by atoms with E-state index in [0.29, 0.717) is 17.2 Å². The summed E-state index contributed by atoms with van der Waals surface area (Å²) < 4.78 is 16.6. The highest BCUT2D eigenvalue weighted by Gasteiger charge is 2.22. The first-order chi connectivity index (χ1) is 16.6. The number of benzene rings is 1. The van der Waals surface area contributed by atoms with Gasteiger partial charge in [-0.1, -0.05) is 17.4 Å². The Labute approximate surface area is 206 Å². The number of hydrogen-bond acceptors (Lipinski definition) is 7. The topological polar surface area (TPSA) is 158 Å². The minimum atomic E-state index is -4.71. The summed E-state index contributed by atoms with van der Waals surface area (Å²) in [5.41, 5.74) is 3.73. The maximum Gasteiger partial charge on any atom is 0.470 e. The lowest BCUT2D eigenvalue weighted by Crippen LogP contribution is -2.28. The largest absolute Gasteiger partial charge is 0.470 e. The molecule has 0 aliphatic rings. The average molecular weight is 517 g/mol. The molecular weight excluding hydrogens is 491 g/mol. The Kier molecular flexibility index (Phi) is 8.60. The Morgan fingerprint density at radius 3 is 2.77 bits per heavy atom. The molecule has 2 heterocycles. The van der Waals surface area contributed by atoms with E-state index < -0.39 is 13.9 Å². The van der Waals surface area contributed by atoms with Crippen LogP contribution in [0, 0.1) is 0 Å². The van der Waals surface area contributed by atoms with Crippen LogP contribution < -0.4 is 10.6 Å². The van der Waals surface area contributed by atoms with Gasteiger partial charge in [-0.05, 0) is 62.9 Å². The molecule has 0 saturated heterocycles. The molecule has 35 heavy (non-hydrogen) atoms. The molecule has 11 nitrogen and oxygen atoms in total. The number of aromatic nitrogens is 2. The van der Waals surface area contributed by atoms with Crippen LogP contribution in [0.15, 0.2) is 52.7 Å². The normalized spacial score (nSPS) is 13.5. The molecule has 1 atom stereocenters. The number of phosphoric acid groups is 1. The number of amidine groups is 1. The van der Waals surface area contributed by atoms with E-state index in [1.165, 1.54) is 24.5 Å². The first kappa shape index (κ1) is 26.3. The molecule has 3 rings (SSSR count). The minimum absolute atomic E-state index is 0.0146. The second-order valence-corrected chi connectivity index (χ2v) is 9.48. The number of carbonyl (C=O) groups excluding carboxylic acids is 1. The number of fused-ring (bicyclic) bond motifs is 1. The average Bonchev–Trinajstić information content (AvgIpc) is 3.20. The van der Waals surface area contributed by atoms with Crippen LogP contribution in [0.25, 0.3) is 27.0 Å². The van der Waals surface area contributed by atoms with Crippen LogP contribution in [0.4, 0.5) is 9.93 Å². The Hall–Kier alpha value is -3.28. The van der Waals surface area contributed by atoms with Gasteiger partial charge in [0, 0.05) is 24.5 Å². The van der Waals surface area contributed by atoms with Crippen molar-refractivity contribution in [2.75, 3.05) is 11.9 Å². The molecule has 3 aromatic rings. The van der Waals surface area contributed by atoms with Gasteiger partial charge in [-0.15, -0.1) is 0 Å². The number of pyridine rings is 1. The second-order valence-electron chi connectivity index (χ2n) is 7.29. The zero-order chi connectivity index (χ0) is 25.6. The second kappa shape index (κ2) is 11.4. The third kappa shape index (κ3) is 7.10. The third-order valence-electron chi connectivity index (χ3n) is 4.66. The first-order valence-corrected chi connectivity index (χ1v) is 12.8. The number of nitrogens with one attached hydrogen (secondary N) is 2. The standard InChI is InChI=1S/C22H25N6O5PS/c1-5-24-21(29)28-22-27-18-11-15(10-16(19(18)35-22)17-8-6-7-9-25-17)13(2)12-26-20(23-4)14(3)33-34(30,31)32/h6-12,14H,4-5H2,1-3H3,(H2,30,31,32)(H2,24,27,28,29)/b13-12+,26-20-/t14-/m0/s1. The molecule has 0 unspecified atom stereocenters. The van der Waals surface area contributed by atoms with Crippen LogP contribution in [0.1, 0.15) is 26.3 Å². The van der Waals surface area contributed by atoms with Crippen molar-refractivity contribution in [1.29, 1.82) is 0 Å². The van der Waals surface area contributed by atoms with E-state index in [1.807, 2.05) is 44.2 Å². The predicted octanol–water partition coefficient (Wildman–Crippen LogP) is 4.46. The summed E-state index contributed by atoms with van der Waals surface area (Å²) in [6.45, 7) is 8.95. The number of rotatable bonds is 8. The van der Waals surface area contributed by atoms with E-state index in [9.17, 15) is 9.36 Å². The highest BCUT2D eigenvalue weighted by Crippen LogP contribution is 2.38. The number of thiazole rings is 1. The lowest BCUT2D eigenvalue weighted by atomic mass is 10.0. The lowest BCUT2D eigenvalue weighted by Gasteiger charge is -2.12. The summed E-state index contributed by atoms with van der Waals surface area (Å²) in [4.78, 5) is 47.0. The quantitative estimate of drug-likeness (QED) is 0.195. The fourth-order valence-corrected chi connectivity index (χ4v) is 4.56. The maximum absolute atomic E-state index is 12.0. The van der Waals surface area contributed by atoms with Gasteiger partial charge in [-0.2, -0.15) is 0 Å². The molecule has 0 aliphatic heterocycles. The van der Waals surface area contributed by atoms with Crippen molar-refractivity contribution in [3.05, 3.63) is 48.3 Å². The van der Waals surface area contributed by atoms with Gasteiger partial charge in [-0.25, -0.2) is 24.3 Å². The van der Waals surface area contributed by atoms with Gasteiger partial charge in [0.1, 0.15) is 6.10 Å². The van der Waals surface area contributed by atoms with Crippen molar-refractivity contribution in [2.24, 2.45) is 9.98 Å². The number of urea groups is 1. The molecule has 1 aromatic carbocycles. The van der Waals surface area contributed by atoms with Crippen LogP contribution in [-0.2, 0) is 9.09 Å². The number of aliphatic imine (C=N–C) groups is 2. The van der Waals surface area contributed by atoms with Crippen LogP contribution in [-0.4, -0.2) is 51.0 Å². The van der Waals surface area contributed by atoms with Crippen LogP contribution in [0.2, 0.25) is 0 Å². The summed E-state index contributed by atoms with van der Waals surface area (Å²) >= 11 is 1.34. The number of hydrogen-bond donors (Lipinski definition) is 4. The van der Waals surface area contributed by atoms with Crippen LogP contribution in [0.5, 0.6) is 0 Å². The van der Waals surface area contributed by atoms with E-state index in [4.69, 9.17) is 9.79 Å². The van der Waals surface area contributed by atoms with E-state index in [1.54, 1.807) is 6.20 Å². The fourth-order valence-electron chi connectivity index (χ4n) is 3.09. The smallest absolute Gasteiger partial charge is 0.338 e. The van der Waals surface area contributed by atoms with Gasteiger partial charge in [0.2, 0.25) is 0 Å². The molecule has 184 valence electrons. The van der Waals surface area contributed by atoms with Crippen molar-refractivity contribution in [3.63, 3.8) is 0 Å². The zero-order valence-corrected chi connectivity index (χ0v) is 21.0. The van der Waals surface area contributed by atoms with Gasteiger partial charge >= 0.3 is 13.9 Å². The van der Waals surface area contributed by atoms with Gasteiger partial charge in [0.15, 0.2) is 11.0 Å². The SMILES string of the molecule is C=N/C(=N\C=C(/C)c1cc(-c2ccccn2)c2sc(NC(=O)NCC)nc2c1)[C@H](C)OP(=O)(O)O. The summed E-state index contributed by atoms with van der Waals surface area (Å²) in [5, 5.41) is 5.87. The maximum atomic E-state index is 12.0. The highest BCUT2D eigenvalue weighted by atomic mass is 32.1. The van der Waals surface area contributed by atoms with Crippen molar-refractivity contribution < 1.29 is 23.7 Å². The number of amides is 2. The molecule has 4 N–H and O–H groups in total. The van der Waals surface area contributed by atoms with E-state index in [-0.39, 0.29) is 11.9 Å². The van der Waals surface area contributed by atoms with Crippen molar-refractivity contribution in [3.8, 4) is 11.3 Å². The summed E-state index contributed by atoms with van der Waals surface area (Å²) in [6.07, 6.45) is 2.14. The third-order valence-corrected chi connectivity index (χ3v) is 6.27. The van der Waals surface area contributed by atoms with Crippen molar-refractivity contribution in [2.45, 2.75) is 26.9 Å². The number of anilines is 1. The Bertz CT molecular complexity index is 1330. The van der Waals surface area contributed by atoms with Gasteiger partial charge in [0.25, 0.3) is 0 Å². The van der Waals surface area contributed by atoms with Crippen LogP contribution >= 0.6 is 19.2 Å². The van der Waals surface area contributed by atoms with Crippen molar-refractivity contribution >= 4 is 58.7 Å². The highest BCUT2D eigenvalue weighted by molar-refractivity contribution is 7.46. The molecular formula is C22H25N6O5PS. The van der Waals surface area contributed by atoms with Crippen LogP contribution in [0.3, 0.4) is 0 Å². The van der Waals surface area contributed by atoms with Crippen molar-refractivity contribution in [1.82, 2.24) is 15.3 Å². The summed E-state index contributed by atoms with van der Waals surface area (Å²) in [7, 11) is -4.71. The predicted molar refractivity (Wildman–Crippen MR) is 139 cm³/mol. The zero-order valence-electron chi connectivity index (χ0n) is 19.3. The monoisotopic (exact) mass is 516 g/mol. The van der Waals surface area contributed by atoms with E-state index in [0.717, 1.165) is 27.1 Å².